The van der Waals surface area contributed by atoms with Crippen molar-refractivity contribution < 1.29 is 13.2 Å². The van der Waals surface area contributed by atoms with Crippen LogP contribution in [0.15, 0.2) is 29.2 Å². The molecule has 20 heavy (non-hydrogen) atoms. The lowest BCUT2D eigenvalue weighted by atomic mass is 9.83. The van der Waals surface area contributed by atoms with E-state index in [1.807, 2.05) is 0 Å². The van der Waals surface area contributed by atoms with Gasteiger partial charge in [0.25, 0.3) is 0 Å². The largest absolute Gasteiger partial charge is 0.497 e. The van der Waals surface area contributed by atoms with E-state index in [0.29, 0.717) is 12.3 Å². The third-order valence-corrected chi connectivity index (χ3v) is 5.13. The summed E-state index contributed by atoms with van der Waals surface area (Å²) in [5, 5.41) is 3.31. The van der Waals surface area contributed by atoms with E-state index in [0.717, 1.165) is 25.9 Å². The molecule has 0 amide bonds. The highest BCUT2D eigenvalue weighted by atomic mass is 32.2. The Morgan fingerprint density at radius 2 is 2.25 bits per heavy atom. The maximum Gasteiger partial charge on any atom is 0.240 e. The first-order valence-electron chi connectivity index (χ1n) is 6.80. The molecule has 1 unspecified atom stereocenters. The molecule has 0 bridgehead atoms. The van der Waals surface area contributed by atoms with Gasteiger partial charge < -0.3 is 10.1 Å². The van der Waals surface area contributed by atoms with Gasteiger partial charge in [-0.3, -0.25) is 0 Å². The monoisotopic (exact) mass is 298 g/mol. The van der Waals surface area contributed by atoms with Gasteiger partial charge in [-0.2, -0.15) is 0 Å². The summed E-state index contributed by atoms with van der Waals surface area (Å²) < 4.78 is 32.4. The number of sulfonamides is 1. The lowest BCUT2D eigenvalue weighted by Gasteiger charge is -2.34. The number of rotatable bonds is 5. The molecule has 0 radical (unpaired) electrons. The summed E-state index contributed by atoms with van der Waals surface area (Å²) >= 11 is 0. The van der Waals surface area contributed by atoms with E-state index in [1.54, 1.807) is 18.2 Å². The van der Waals surface area contributed by atoms with Crippen molar-refractivity contribution in [3.63, 3.8) is 0 Å². The highest BCUT2D eigenvalue weighted by Crippen LogP contribution is 2.25. The minimum absolute atomic E-state index is 0.0236. The predicted octanol–water partition coefficient (Wildman–Crippen LogP) is 1.36. The van der Waals surface area contributed by atoms with Crippen LogP contribution in [0.4, 0.5) is 0 Å². The molecule has 5 nitrogen and oxygen atoms in total. The Hall–Kier alpha value is -1.11. The maximum absolute atomic E-state index is 12.3. The van der Waals surface area contributed by atoms with E-state index in [-0.39, 0.29) is 10.3 Å². The average molecular weight is 298 g/mol. The van der Waals surface area contributed by atoms with Crippen LogP contribution in [0.2, 0.25) is 0 Å². The van der Waals surface area contributed by atoms with Crippen LogP contribution in [0.25, 0.3) is 0 Å². The molecule has 0 aliphatic carbocycles. The van der Waals surface area contributed by atoms with Gasteiger partial charge in [0.1, 0.15) is 5.75 Å². The number of hydrogen-bond donors (Lipinski definition) is 2. The number of ether oxygens (including phenoxy) is 1. The van der Waals surface area contributed by atoms with E-state index < -0.39 is 10.0 Å². The van der Waals surface area contributed by atoms with Crippen LogP contribution in [0.3, 0.4) is 0 Å². The SMILES string of the molecule is COc1cccc(S(=O)(=O)NCC2(C)CCCNC2)c1. The molecule has 2 rings (SSSR count). The van der Waals surface area contributed by atoms with Crippen molar-refractivity contribution >= 4 is 10.0 Å². The highest BCUT2D eigenvalue weighted by Gasteiger charge is 2.28. The number of methoxy groups -OCH3 is 1. The summed E-state index contributed by atoms with van der Waals surface area (Å²) in [5.74, 6) is 0.540. The van der Waals surface area contributed by atoms with Crippen LogP contribution in [0.1, 0.15) is 19.8 Å². The van der Waals surface area contributed by atoms with Gasteiger partial charge in [0.15, 0.2) is 0 Å². The third-order valence-electron chi connectivity index (χ3n) is 3.73. The van der Waals surface area contributed by atoms with Crippen LogP contribution in [0, 0.1) is 5.41 Å². The molecule has 1 aromatic rings. The zero-order valence-corrected chi connectivity index (χ0v) is 12.8. The normalized spacial score (nSPS) is 23.5. The first-order valence-corrected chi connectivity index (χ1v) is 8.28. The molecule has 6 heteroatoms. The van der Waals surface area contributed by atoms with Crippen molar-refractivity contribution in [2.24, 2.45) is 5.41 Å². The Bertz CT molecular complexity index is 551. The fourth-order valence-electron chi connectivity index (χ4n) is 2.39. The molecule has 1 aliphatic heterocycles. The first-order chi connectivity index (χ1) is 9.45. The Labute approximate surface area is 120 Å². The maximum atomic E-state index is 12.3. The van der Waals surface area contributed by atoms with Gasteiger partial charge >= 0.3 is 0 Å². The van der Waals surface area contributed by atoms with E-state index in [4.69, 9.17) is 4.74 Å². The second-order valence-electron chi connectivity index (χ2n) is 5.59. The van der Waals surface area contributed by atoms with Crippen molar-refractivity contribution in [1.82, 2.24) is 10.0 Å². The van der Waals surface area contributed by atoms with Crippen molar-refractivity contribution in [3.8, 4) is 5.75 Å². The first kappa shape index (κ1) is 15.3. The zero-order valence-electron chi connectivity index (χ0n) is 12.0. The van der Waals surface area contributed by atoms with Gasteiger partial charge in [0.2, 0.25) is 10.0 Å². The summed E-state index contributed by atoms with van der Waals surface area (Å²) in [6.07, 6.45) is 2.11. The molecule has 2 N–H and O–H groups in total. The smallest absolute Gasteiger partial charge is 0.240 e. The number of benzene rings is 1. The second kappa shape index (κ2) is 6.11. The molecule has 1 fully saturated rings. The Morgan fingerprint density at radius 1 is 1.45 bits per heavy atom. The van der Waals surface area contributed by atoms with E-state index >= 15 is 0 Å². The van der Waals surface area contributed by atoms with Crippen LogP contribution in [-0.4, -0.2) is 35.2 Å². The molecule has 0 aromatic heterocycles. The van der Waals surface area contributed by atoms with Crippen molar-refractivity contribution in [2.75, 3.05) is 26.7 Å². The Balaban J connectivity index is 2.06. The second-order valence-corrected chi connectivity index (χ2v) is 7.36. The van der Waals surface area contributed by atoms with Crippen LogP contribution >= 0.6 is 0 Å². The molecule has 1 atom stereocenters. The van der Waals surface area contributed by atoms with Gasteiger partial charge in [-0.05, 0) is 36.9 Å². The number of hydrogen-bond acceptors (Lipinski definition) is 4. The van der Waals surface area contributed by atoms with Crippen molar-refractivity contribution in [3.05, 3.63) is 24.3 Å². The lowest BCUT2D eigenvalue weighted by Crippen LogP contribution is -2.45. The molecule has 1 heterocycles. The summed E-state index contributed by atoms with van der Waals surface area (Å²) in [5.41, 5.74) is -0.0236. The molecular formula is C14H22N2O3S. The van der Waals surface area contributed by atoms with Gasteiger partial charge in [0.05, 0.1) is 12.0 Å². The summed E-state index contributed by atoms with van der Waals surface area (Å²) in [6, 6.07) is 6.51. The van der Waals surface area contributed by atoms with Crippen LogP contribution in [0.5, 0.6) is 5.75 Å². The fourth-order valence-corrected chi connectivity index (χ4v) is 3.62. The topological polar surface area (TPSA) is 67.4 Å². The van der Waals surface area contributed by atoms with Crippen LogP contribution < -0.4 is 14.8 Å². The molecule has 112 valence electrons. The van der Waals surface area contributed by atoms with Gasteiger partial charge in [-0.15, -0.1) is 0 Å². The number of piperidine rings is 1. The lowest BCUT2D eigenvalue weighted by molar-refractivity contribution is 0.238. The minimum atomic E-state index is -3.49. The molecule has 1 saturated heterocycles. The predicted molar refractivity (Wildman–Crippen MR) is 78.4 cm³/mol. The third kappa shape index (κ3) is 3.71. The van der Waals surface area contributed by atoms with Gasteiger partial charge in [-0.1, -0.05) is 13.0 Å². The van der Waals surface area contributed by atoms with Crippen LogP contribution in [-0.2, 0) is 10.0 Å². The Kier molecular flexibility index (Phi) is 4.67. The van der Waals surface area contributed by atoms with Gasteiger partial charge in [0, 0.05) is 19.2 Å². The quantitative estimate of drug-likeness (QED) is 0.861. The van der Waals surface area contributed by atoms with E-state index in [1.165, 1.54) is 13.2 Å². The Morgan fingerprint density at radius 3 is 2.90 bits per heavy atom. The summed E-state index contributed by atoms with van der Waals surface area (Å²) in [4.78, 5) is 0.240. The molecule has 0 saturated carbocycles. The fraction of sp³-hybridized carbons (Fsp3) is 0.571. The van der Waals surface area contributed by atoms with Crippen molar-refractivity contribution in [2.45, 2.75) is 24.7 Å². The van der Waals surface area contributed by atoms with E-state index in [2.05, 4.69) is 17.0 Å². The molecule has 1 aromatic carbocycles. The molecular weight excluding hydrogens is 276 g/mol. The van der Waals surface area contributed by atoms with E-state index in [9.17, 15) is 8.42 Å². The standard InChI is InChI=1S/C14H22N2O3S/c1-14(7-4-8-15-10-14)11-16-20(17,18)13-6-3-5-12(9-13)19-2/h3,5-6,9,15-16H,4,7-8,10-11H2,1-2H3. The van der Waals surface area contributed by atoms with Gasteiger partial charge in [-0.25, -0.2) is 13.1 Å². The molecule has 0 spiro atoms. The molecule has 1 aliphatic rings. The zero-order chi connectivity index (χ0) is 14.6. The average Bonchev–Trinajstić information content (AvgIpc) is 2.46. The minimum Gasteiger partial charge on any atom is -0.497 e. The highest BCUT2D eigenvalue weighted by molar-refractivity contribution is 7.89. The summed E-state index contributed by atoms with van der Waals surface area (Å²) in [6.45, 7) is 4.40. The number of nitrogens with one attached hydrogen (secondary N) is 2. The van der Waals surface area contributed by atoms with Crippen molar-refractivity contribution in [1.29, 1.82) is 0 Å². The summed E-state index contributed by atoms with van der Waals surface area (Å²) in [7, 11) is -1.97.